The smallest absolute Gasteiger partial charge is 0.255 e. The second kappa shape index (κ2) is 6.55. The number of nitrogens with one attached hydrogen (secondary N) is 1. The van der Waals surface area contributed by atoms with E-state index in [0.29, 0.717) is 11.5 Å². The first-order chi connectivity index (χ1) is 9.16. The van der Waals surface area contributed by atoms with Crippen molar-refractivity contribution in [2.75, 3.05) is 25.0 Å². The van der Waals surface area contributed by atoms with Gasteiger partial charge in [0.25, 0.3) is 5.91 Å². The van der Waals surface area contributed by atoms with E-state index in [0.717, 1.165) is 38.2 Å². The van der Waals surface area contributed by atoms with Gasteiger partial charge in [-0.25, -0.2) is 0 Å². The third-order valence-corrected chi connectivity index (χ3v) is 3.34. The highest BCUT2D eigenvalue weighted by Gasteiger charge is 2.18. The first kappa shape index (κ1) is 13.8. The van der Waals surface area contributed by atoms with E-state index in [1.165, 1.54) is 6.42 Å². The first-order valence-corrected chi connectivity index (χ1v) is 7.15. The van der Waals surface area contributed by atoms with E-state index in [1.807, 2.05) is 11.0 Å². The molecule has 104 valence electrons. The lowest BCUT2D eigenvalue weighted by Gasteiger charge is -2.26. The van der Waals surface area contributed by atoms with Crippen molar-refractivity contribution >= 4 is 11.6 Å². The molecular formula is C15H23N3O. The minimum atomic E-state index is 0.111. The maximum Gasteiger partial charge on any atom is 0.255 e. The molecule has 4 heteroatoms. The zero-order chi connectivity index (χ0) is 13.7. The highest BCUT2D eigenvalue weighted by Crippen LogP contribution is 2.15. The summed E-state index contributed by atoms with van der Waals surface area (Å²) < 4.78 is 0. The predicted octanol–water partition coefficient (Wildman–Crippen LogP) is 2.78. The molecule has 1 N–H and O–H groups in total. The summed E-state index contributed by atoms with van der Waals surface area (Å²) in [5, 5.41) is 3.31. The fourth-order valence-electron chi connectivity index (χ4n) is 2.26. The molecule has 1 fully saturated rings. The van der Waals surface area contributed by atoms with Crippen LogP contribution in [0, 0.1) is 5.92 Å². The van der Waals surface area contributed by atoms with Crippen molar-refractivity contribution in [2.24, 2.45) is 5.92 Å². The Morgan fingerprint density at radius 1 is 1.32 bits per heavy atom. The van der Waals surface area contributed by atoms with Crippen molar-refractivity contribution in [3.05, 3.63) is 24.0 Å². The number of pyridine rings is 1. The maximum atomic E-state index is 12.3. The van der Waals surface area contributed by atoms with Crippen LogP contribution in [0.15, 0.2) is 18.5 Å². The number of aromatic nitrogens is 1. The maximum absolute atomic E-state index is 12.3. The van der Waals surface area contributed by atoms with Crippen molar-refractivity contribution in [1.82, 2.24) is 9.88 Å². The average molecular weight is 261 g/mol. The number of hydrogen-bond acceptors (Lipinski definition) is 3. The number of hydrogen-bond donors (Lipinski definition) is 1. The van der Waals surface area contributed by atoms with E-state index in [4.69, 9.17) is 0 Å². The van der Waals surface area contributed by atoms with E-state index < -0.39 is 0 Å². The summed E-state index contributed by atoms with van der Waals surface area (Å²) in [4.78, 5) is 18.5. The minimum absolute atomic E-state index is 0.111. The molecule has 1 saturated heterocycles. The van der Waals surface area contributed by atoms with Gasteiger partial charge in [-0.15, -0.1) is 0 Å². The van der Waals surface area contributed by atoms with Crippen molar-refractivity contribution in [2.45, 2.75) is 33.1 Å². The molecule has 0 bridgehead atoms. The van der Waals surface area contributed by atoms with Crippen molar-refractivity contribution < 1.29 is 4.79 Å². The van der Waals surface area contributed by atoms with Gasteiger partial charge in [-0.2, -0.15) is 0 Å². The molecular weight excluding hydrogens is 238 g/mol. The fraction of sp³-hybridized carbons (Fsp3) is 0.600. The van der Waals surface area contributed by atoms with Crippen LogP contribution in [-0.2, 0) is 0 Å². The van der Waals surface area contributed by atoms with Gasteiger partial charge < -0.3 is 10.2 Å². The monoisotopic (exact) mass is 261 g/mol. The summed E-state index contributed by atoms with van der Waals surface area (Å²) in [5.74, 6) is 0.682. The zero-order valence-electron chi connectivity index (χ0n) is 11.9. The molecule has 2 heterocycles. The average Bonchev–Trinajstić information content (AvgIpc) is 2.45. The molecule has 0 aromatic carbocycles. The SMILES string of the molecule is CC(C)CNc1cncc(C(=O)N2CCCCC2)c1. The number of anilines is 1. The van der Waals surface area contributed by atoms with Gasteiger partial charge in [-0.3, -0.25) is 9.78 Å². The van der Waals surface area contributed by atoms with E-state index in [-0.39, 0.29) is 5.91 Å². The summed E-state index contributed by atoms with van der Waals surface area (Å²) in [7, 11) is 0. The highest BCUT2D eigenvalue weighted by molar-refractivity contribution is 5.94. The third-order valence-electron chi connectivity index (χ3n) is 3.34. The van der Waals surface area contributed by atoms with Crippen molar-refractivity contribution in [3.8, 4) is 0 Å². The lowest BCUT2D eigenvalue weighted by atomic mass is 10.1. The summed E-state index contributed by atoms with van der Waals surface area (Å²) in [6.07, 6.45) is 6.90. The Labute approximate surface area is 115 Å². The standard InChI is InChI=1S/C15H23N3O/c1-12(2)9-17-14-8-13(10-16-11-14)15(19)18-6-4-3-5-7-18/h8,10-12,17H,3-7,9H2,1-2H3. The lowest BCUT2D eigenvalue weighted by molar-refractivity contribution is 0.0724. The second-order valence-electron chi connectivity index (χ2n) is 5.59. The van der Waals surface area contributed by atoms with E-state index in [1.54, 1.807) is 12.4 Å². The van der Waals surface area contributed by atoms with Gasteiger partial charge >= 0.3 is 0 Å². The highest BCUT2D eigenvalue weighted by atomic mass is 16.2. The van der Waals surface area contributed by atoms with Gasteiger partial charge in [0.05, 0.1) is 11.3 Å². The third kappa shape index (κ3) is 3.94. The van der Waals surface area contributed by atoms with Gasteiger partial charge in [-0.05, 0) is 31.2 Å². The van der Waals surface area contributed by atoms with Gasteiger partial charge in [0.2, 0.25) is 0 Å². The Balaban J connectivity index is 2.02. The number of likely N-dealkylation sites (tertiary alicyclic amines) is 1. The molecule has 19 heavy (non-hydrogen) atoms. The van der Waals surface area contributed by atoms with Crippen molar-refractivity contribution in [1.29, 1.82) is 0 Å². The number of rotatable bonds is 4. The zero-order valence-corrected chi connectivity index (χ0v) is 11.9. The largest absolute Gasteiger partial charge is 0.384 e. The fourth-order valence-corrected chi connectivity index (χ4v) is 2.26. The molecule has 0 radical (unpaired) electrons. The summed E-state index contributed by atoms with van der Waals surface area (Å²) >= 11 is 0. The van der Waals surface area contributed by atoms with Crippen LogP contribution >= 0.6 is 0 Å². The van der Waals surface area contributed by atoms with E-state index in [2.05, 4.69) is 24.1 Å². The Bertz CT molecular complexity index is 425. The molecule has 1 aliphatic rings. The van der Waals surface area contributed by atoms with Crippen LogP contribution < -0.4 is 5.32 Å². The summed E-state index contributed by atoms with van der Waals surface area (Å²) in [6, 6.07) is 1.91. The molecule has 0 atom stereocenters. The molecule has 1 amide bonds. The topological polar surface area (TPSA) is 45.2 Å². The number of amides is 1. The van der Waals surface area contributed by atoms with Crippen LogP contribution in [-0.4, -0.2) is 35.4 Å². The van der Waals surface area contributed by atoms with Crippen LogP contribution in [0.2, 0.25) is 0 Å². The molecule has 0 spiro atoms. The van der Waals surface area contributed by atoms with E-state index in [9.17, 15) is 4.79 Å². The molecule has 0 saturated carbocycles. The molecule has 0 unspecified atom stereocenters. The number of carbonyl (C=O) groups excluding carboxylic acids is 1. The summed E-state index contributed by atoms with van der Waals surface area (Å²) in [6.45, 7) is 6.96. The minimum Gasteiger partial charge on any atom is -0.384 e. The van der Waals surface area contributed by atoms with Crippen LogP contribution in [0.5, 0.6) is 0 Å². The Kier molecular flexibility index (Phi) is 4.77. The first-order valence-electron chi connectivity index (χ1n) is 7.15. The molecule has 1 aromatic rings. The van der Waals surface area contributed by atoms with Crippen LogP contribution in [0.4, 0.5) is 5.69 Å². The van der Waals surface area contributed by atoms with Gasteiger partial charge in [0.15, 0.2) is 0 Å². The molecule has 2 rings (SSSR count). The Morgan fingerprint density at radius 3 is 2.74 bits per heavy atom. The quantitative estimate of drug-likeness (QED) is 0.906. The van der Waals surface area contributed by atoms with Gasteiger partial charge in [-0.1, -0.05) is 13.8 Å². The summed E-state index contributed by atoms with van der Waals surface area (Å²) in [5.41, 5.74) is 1.62. The van der Waals surface area contributed by atoms with Crippen LogP contribution in [0.1, 0.15) is 43.5 Å². The van der Waals surface area contributed by atoms with Gasteiger partial charge in [0, 0.05) is 32.0 Å². The lowest BCUT2D eigenvalue weighted by Crippen LogP contribution is -2.35. The number of piperidine rings is 1. The normalized spacial score (nSPS) is 15.6. The van der Waals surface area contributed by atoms with Crippen LogP contribution in [0.25, 0.3) is 0 Å². The molecule has 4 nitrogen and oxygen atoms in total. The Morgan fingerprint density at radius 2 is 2.05 bits per heavy atom. The molecule has 1 aromatic heterocycles. The predicted molar refractivity (Wildman–Crippen MR) is 77.3 cm³/mol. The number of nitrogens with zero attached hydrogens (tertiary/aromatic N) is 2. The van der Waals surface area contributed by atoms with Crippen LogP contribution in [0.3, 0.4) is 0 Å². The number of carbonyl (C=O) groups is 1. The molecule has 1 aliphatic heterocycles. The van der Waals surface area contributed by atoms with E-state index >= 15 is 0 Å². The van der Waals surface area contributed by atoms with Crippen molar-refractivity contribution in [3.63, 3.8) is 0 Å². The second-order valence-corrected chi connectivity index (χ2v) is 5.59. The Hall–Kier alpha value is -1.58. The van der Waals surface area contributed by atoms with Gasteiger partial charge in [0.1, 0.15) is 0 Å². The molecule has 0 aliphatic carbocycles.